The number of thiophene rings is 1. The lowest BCUT2D eigenvalue weighted by Crippen LogP contribution is -2.27. The first kappa shape index (κ1) is 17.9. The molecule has 1 atom stereocenters. The number of hydrogen-bond acceptors (Lipinski definition) is 5. The summed E-state index contributed by atoms with van der Waals surface area (Å²) in [5.41, 5.74) is -0.0247. The molecule has 0 radical (unpaired) electrons. The van der Waals surface area contributed by atoms with Crippen LogP contribution in [0.25, 0.3) is 6.08 Å². The van der Waals surface area contributed by atoms with Gasteiger partial charge in [0, 0.05) is 12.0 Å². The van der Waals surface area contributed by atoms with E-state index in [0.29, 0.717) is 11.1 Å². The van der Waals surface area contributed by atoms with Gasteiger partial charge in [0.05, 0.1) is 17.6 Å². The van der Waals surface area contributed by atoms with Gasteiger partial charge < -0.3 is 9.84 Å². The monoisotopic (exact) mass is 364 g/mol. The van der Waals surface area contributed by atoms with Gasteiger partial charge >= 0.3 is 5.97 Å². The molecule has 0 fully saturated rings. The van der Waals surface area contributed by atoms with E-state index in [4.69, 9.17) is 0 Å². The Morgan fingerprint density at radius 3 is 2.73 bits per heavy atom. The van der Waals surface area contributed by atoms with Crippen LogP contribution in [0.3, 0.4) is 0 Å². The molecule has 3 rings (SSSR count). The first-order valence-corrected chi connectivity index (χ1v) is 8.79. The van der Waals surface area contributed by atoms with Crippen molar-refractivity contribution in [2.45, 2.75) is 12.0 Å². The van der Waals surface area contributed by atoms with Gasteiger partial charge in [0.2, 0.25) is 0 Å². The molecule has 1 aromatic carbocycles. The summed E-state index contributed by atoms with van der Waals surface area (Å²) >= 11 is 1.52. The molecule has 1 unspecified atom stereocenters. The molecule has 1 aliphatic rings. The van der Waals surface area contributed by atoms with Crippen molar-refractivity contribution in [1.82, 2.24) is 0 Å². The zero-order valence-corrected chi connectivity index (χ0v) is 14.9. The molecule has 5 heteroatoms. The Labute approximate surface area is 155 Å². The summed E-state index contributed by atoms with van der Waals surface area (Å²) in [7, 11) is 1.32. The standard InChI is InChI=1S/C21H16O4S/c1-25-20(23)16-8-6-15(7-9-16)14-18-19(22)10-12-21(18,24)11-2-4-17-5-3-13-26-17/h3,5-10,12-14,24H,11H2,1H3/b18-14-. The average molecular weight is 364 g/mol. The molecule has 1 aliphatic carbocycles. The summed E-state index contributed by atoms with van der Waals surface area (Å²) in [6, 6.07) is 10.4. The smallest absolute Gasteiger partial charge is 0.337 e. The molecule has 0 saturated carbocycles. The molecule has 0 saturated heterocycles. The van der Waals surface area contributed by atoms with Gasteiger partial charge in [-0.05, 0) is 47.4 Å². The van der Waals surface area contributed by atoms with Crippen LogP contribution in [-0.4, -0.2) is 29.6 Å². The highest BCUT2D eigenvalue weighted by atomic mass is 32.1. The fraction of sp³-hybridized carbons (Fsp3) is 0.143. The minimum absolute atomic E-state index is 0.124. The zero-order chi connectivity index (χ0) is 18.6. The van der Waals surface area contributed by atoms with Crippen LogP contribution in [0.15, 0.2) is 59.5 Å². The number of ketones is 1. The minimum atomic E-state index is -1.41. The first-order chi connectivity index (χ1) is 12.5. The van der Waals surface area contributed by atoms with Crippen molar-refractivity contribution in [1.29, 1.82) is 0 Å². The number of allylic oxidation sites excluding steroid dienone is 1. The molecule has 0 amide bonds. The van der Waals surface area contributed by atoms with Gasteiger partial charge in [-0.2, -0.15) is 0 Å². The Bertz CT molecular complexity index is 940. The van der Waals surface area contributed by atoms with Crippen molar-refractivity contribution in [2.75, 3.05) is 7.11 Å². The Morgan fingerprint density at radius 1 is 1.31 bits per heavy atom. The van der Waals surface area contributed by atoms with E-state index in [-0.39, 0.29) is 17.8 Å². The van der Waals surface area contributed by atoms with E-state index in [1.54, 1.807) is 30.3 Å². The van der Waals surface area contributed by atoms with Gasteiger partial charge in [-0.25, -0.2) is 4.79 Å². The average Bonchev–Trinajstić information content (AvgIpc) is 3.26. The van der Waals surface area contributed by atoms with Crippen LogP contribution in [0, 0.1) is 11.8 Å². The number of aliphatic hydroxyl groups is 1. The third-order valence-electron chi connectivity index (χ3n) is 3.98. The molecule has 0 bridgehead atoms. The van der Waals surface area contributed by atoms with E-state index in [0.717, 1.165) is 4.88 Å². The summed E-state index contributed by atoms with van der Waals surface area (Å²) in [5.74, 6) is 5.25. The molecule has 2 aromatic rings. The Kier molecular flexibility index (Phi) is 5.17. The van der Waals surface area contributed by atoms with E-state index >= 15 is 0 Å². The molecule has 1 aromatic heterocycles. The highest BCUT2D eigenvalue weighted by Crippen LogP contribution is 2.31. The summed E-state index contributed by atoms with van der Waals surface area (Å²) < 4.78 is 4.66. The lowest BCUT2D eigenvalue weighted by atomic mass is 9.91. The maximum atomic E-state index is 12.2. The normalized spacial score (nSPS) is 20.1. The van der Waals surface area contributed by atoms with Crippen LogP contribution in [-0.2, 0) is 9.53 Å². The number of carbonyl (C=O) groups is 2. The lowest BCUT2D eigenvalue weighted by molar-refractivity contribution is -0.111. The van der Waals surface area contributed by atoms with E-state index in [2.05, 4.69) is 16.6 Å². The number of methoxy groups -OCH3 is 1. The summed E-state index contributed by atoms with van der Waals surface area (Å²) in [4.78, 5) is 24.6. The van der Waals surface area contributed by atoms with E-state index < -0.39 is 11.6 Å². The Balaban J connectivity index is 1.83. The maximum absolute atomic E-state index is 12.2. The molecule has 130 valence electrons. The number of rotatable bonds is 3. The van der Waals surface area contributed by atoms with Gasteiger partial charge in [-0.15, -0.1) is 11.3 Å². The van der Waals surface area contributed by atoms with Crippen LogP contribution < -0.4 is 0 Å². The third kappa shape index (κ3) is 3.83. The molecule has 4 nitrogen and oxygen atoms in total. The van der Waals surface area contributed by atoms with Crippen molar-refractivity contribution in [3.63, 3.8) is 0 Å². The lowest BCUT2D eigenvalue weighted by Gasteiger charge is -2.19. The third-order valence-corrected chi connectivity index (χ3v) is 4.76. The number of esters is 1. The number of ether oxygens (including phenoxy) is 1. The number of hydrogen-bond donors (Lipinski definition) is 1. The Morgan fingerprint density at radius 2 is 2.08 bits per heavy atom. The van der Waals surface area contributed by atoms with Crippen molar-refractivity contribution in [3.8, 4) is 11.8 Å². The van der Waals surface area contributed by atoms with Crippen LogP contribution in [0.5, 0.6) is 0 Å². The molecule has 26 heavy (non-hydrogen) atoms. The minimum Gasteiger partial charge on any atom is -0.465 e. The second-order valence-corrected chi connectivity index (χ2v) is 6.70. The van der Waals surface area contributed by atoms with Crippen molar-refractivity contribution in [3.05, 3.63) is 75.5 Å². The predicted molar refractivity (Wildman–Crippen MR) is 101 cm³/mol. The second-order valence-electron chi connectivity index (χ2n) is 5.75. The molecular weight excluding hydrogens is 348 g/mol. The summed E-state index contributed by atoms with van der Waals surface area (Å²) in [5, 5.41) is 12.8. The van der Waals surface area contributed by atoms with Gasteiger partial charge in [0.25, 0.3) is 0 Å². The highest BCUT2D eigenvalue weighted by molar-refractivity contribution is 7.10. The number of carbonyl (C=O) groups excluding carboxylic acids is 2. The van der Waals surface area contributed by atoms with Gasteiger partial charge in [0.15, 0.2) is 5.78 Å². The Hall–Kier alpha value is -2.94. The predicted octanol–water partition coefficient (Wildman–Crippen LogP) is 3.23. The van der Waals surface area contributed by atoms with Gasteiger partial charge in [0.1, 0.15) is 5.60 Å². The topological polar surface area (TPSA) is 63.6 Å². The quantitative estimate of drug-likeness (QED) is 0.516. The number of benzene rings is 1. The van der Waals surface area contributed by atoms with Crippen molar-refractivity contribution in [2.24, 2.45) is 0 Å². The maximum Gasteiger partial charge on any atom is 0.337 e. The SMILES string of the molecule is COC(=O)c1ccc(/C=C2/C(=O)C=CC2(O)CC#Cc2cccs2)cc1. The van der Waals surface area contributed by atoms with Crippen LogP contribution in [0.4, 0.5) is 0 Å². The van der Waals surface area contributed by atoms with E-state index in [9.17, 15) is 14.7 Å². The van der Waals surface area contributed by atoms with E-state index in [1.807, 2.05) is 17.5 Å². The second kappa shape index (κ2) is 7.52. The van der Waals surface area contributed by atoms with Crippen molar-refractivity contribution < 1.29 is 19.4 Å². The highest BCUT2D eigenvalue weighted by Gasteiger charge is 2.36. The molecule has 1 heterocycles. The van der Waals surface area contributed by atoms with E-state index in [1.165, 1.54) is 30.6 Å². The van der Waals surface area contributed by atoms with Crippen molar-refractivity contribution >= 4 is 29.2 Å². The van der Waals surface area contributed by atoms with Crippen LogP contribution in [0.2, 0.25) is 0 Å². The first-order valence-electron chi connectivity index (χ1n) is 7.91. The van der Waals surface area contributed by atoms with Crippen LogP contribution in [0.1, 0.15) is 27.2 Å². The molecule has 0 spiro atoms. The molecule has 0 aliphatic heterocycles. The van der Waals surface area contributed by atoms with Gasteiger partial charge in [-0.1, -0.05) is 30.0 Å². The summed E-state index contributed by atoms with van der Waals surface area (Å²) in [6.07, 6.45) is 4.59. The summed E-state index contributed by atoms with van der Waals surface area (Å²) in [6.45, 7) is 0. The zero-order valence-electron chi connectivity index (χ0n) is 14.1. The molecular formula is C21H16O4S. The molecule has 1 N–H and O–H groups in total. The fourth-order valence-electron chi connectivity index (χ4n) is 2.57. The fourth-order valence-corrected chi connectivity index (χ4v) is 3.16. The van der Waals surface area contributed by atoms with Crippen LogP contribution >= 0.6 is 11.3 Å². The largest absolute Gasteiger partial charge is 0.465 e. The van der Waals surface area contributed by atoms with Gasteiger partial charge in [-0.3, -0.25) is 4.79 Å².